The van der Waals surface area contributed by atoms with Gasteiger partial charge in [-0.3, -0.25) is 0 Å². The second-order valence-corrected chi connectivity index (χ2v) is 15.6. The summed E-state index contributed by atoms with van der Waals surface area (Å²) in [5.74, 6) is 0. The molecule has 3 heterocycles. The minimum atomic E-state index is 1.16. The fourth-order valence-corrected chi connectivity index (χ4v) is 10.2. The van der Waals surface area contributed by atoms with Gasteiger partial charge in [-0.25, -0.2) is 0 Å². The molecular weight excluding hydrogens is 685 g/mol. The van der Waals surface area contributed by atoms with Crippen molar-refractivity contribution in [1.82, 2.24) is 9.13 Å². The standard InChI is InChI=1S/C52H32N2S/c1-2-12-33(13-3-1)35-15-10-16-38(30-35)53-46-21-8-6-18-40(46)44-31-36(25-28-47(44)53)37-26-29-48-45(32-37)42-27-24-34-14-4-5-17-39(34)51(42)54(48)49-22-11-20-43-41-19-7-9-23-50(41)55-52(43)49/h1-32H. The Balaban J connectivity index is 1.08. The van der Waals surface area contributed by atoms with Crippen LogP contribution in [-0.2, 0) is 0 Å². The summed E-state index contributed by atoms with van der Waals surface area (Å²) in [6.45, 7) is 0. The Labute approximate surface area is 321 Å². The van der Waals surface area contributed by atoms with Crippen molar-refractivity contribution in [3.05, 3.63) is 194 Å². The van der Waals surface area contributed by atoms with Crippen LogP contribution in [0.15, 0.2) is 194 Å². The maximum Gasteiger partial charge on any atom is 0.0641 e. The lowest BCUT2D eigenvalue weighted by Crippen LogP contribution is -1.95. The zero-order chi connectivity index (χ0) is 36.0. The number of aromatic nitrogens is 2. The van der Waals surface area contributed by atoms with Gasteiger partial charge in [-0.1, -0.05) is 140 Å². The van der Waals surface area contributed by atoms with Gasteiger partial charge in [0.15, 0.2) is 0 Å². The second kappa shape index (κ2) is 11.8. The summed E-state index contributed by atoms with van der Waals surface area (Å²) in [6, 6.07) is 71.4. The van der Waals surface area contributed by atoms with Crippen molar-refractivity contribution in [2.24, 2.45) is 0 Å². The molecule has 0 aliphatic rings. The third-order valence-corrected chi connectivity index (χ3v) is 12.7. The average molecular weight is 717 g/mol. The summed E-state index contributed by atoms with van der Waals surface area (Å²) in [5, 5.41) is 10.2. The summed E-state index contributed by atoms with van der Waals surface area (Å²) in [7, 11) is 0. The second-order valence-electron chi connectivity index (χ2n) is 14.5. The number of fused-ring (bicyclic) bond motifs is 11. The lowest BCUT2D eigenvalue weighted by atomic mass is 10.00. The lowest BCUT2D eigenvalue weighted by molar-refractivity contribution is 1.18. The van der Waals surface area contributed by atoms with Crippen molar-refractivity contribution in [2.75, 3.05) is 0 Å². The average Bonchev–Trinajstić information content (AvgIpc) is 3.91. The van der Waals surface area contributed by atoms with Crippen LogP contribution in [0.5, 0.6) is 0 Å². The molecule has 0 aliphatic heterocycles. The van der Waals surface area contributed by atoms with Gasteiger partial charge < -0.3 is 9.13 Å². The van der Waals surface area contributed by atoms with Crippen molar-refractivity contribution < 1.29 is 0 Å². The Morgan fingerprint density at radius 3 is 1.80 bits per heavy atom. The van der Waals surface area contributed by atoms with E-state index >= 15 is 0 Å². The Morgan fingerprint density at radius 1 is 0.327 bits per heavy atom. The number of para-hydroxylation sites is 1. The monoisotopic (exact) mass is 716 g/mol. The third kappa shape index (κ3) is 4.54. The van der Waals surface area contributed by atoms with E-state index in [1.807, 2.05) is 11.3 Å². The molecule has 9 aromatic carbocycles. The Kier molecular flexibility index (Phi) is 6.54. The summed E-state index contributed by atoms with van der Waals surface area (Å²) in [6.07, 6.45) is 0. The number of benzene rings is 9. The molecule has 3 aromatic heterocycles. The molecule has 0 N–H and O–H groups in total. The molecule has 0 radical (unpaired) electrons. The highest BCUT2D eigenvalue weighted by atomic mass is 32.1. The normalized spacial score (nSPS) is 12.0. The van der Waals surface area contributed by atoms with Gasteiger partial charge in [0.2, 0.25) is 0 Å². The van der Waals surface area contributed by atoms with Gasteiger partial charge in [-0.2, -0.15) is 0 Å². The predicted octanol–water partition coefficient (Wildman–Crippen LogP) is 14.7. The molecule has 3 heteroatoms. The van der Waals surface area contributed by atoms with Crippen LogP contribution >= 0.6 is 11.3 Å². The van der Waals surface area contributed by atoms with Gasteiger partial charge in [-0.15, -0.1) is 11.3 Å². The molecule has 55 heavy (non-hydrogen) atoms. The van der Waals surface area contributed by atoms with Gasteiger partial charge in [0, 0.05) is 48.1 Å². The van der Waals surface area contributed by atoms with Crippen LogP contribution < -0.4 is 0 Å². The first-order chi connectivity index (χ1) is 27.3. The molecule has 0 amide bonds. The number of rotatable bonds is 4. The van der Waals surface area contributed by atoms with Crippen molar-refractivity contribution >= 4 is 85.9 Å². The molecule has 0 bridgehead atoms. The van der Waals surface area contributed by atoms with Crippen LogP contribution in [0.4, 0.5) is 0 Å². The number of thiophene rings is 1. The molecule has 0 aliphatic carbocycles. The van der Waals surface area contributed by atoms with Gasteiger partial charge in [0.1, 0.15) is 0 Å². The third-order valence-electron chi connectivity index (χ3n) is 11.5. The number of hydrogen-bond donors (Lipinski definition) is 0. The van der Waals surface area contributed by atoms with E-state index < -0.39 is 0 Å². The van der Waals surface area contributed by atoms with E-state index in [1.54, 1.807) is 0 Å². The van der Waals surface area contributed by atoms with Crippen LogP contribution in [0, 0.1) is 0 Å². The maximum absolute atomic E-state index is 2.52. The van der Waals surface area contributed by atoms with Crippen molar-refractivity contribution in [3.63, 3.8) is 0 Å². The maximum atomic E-state index is 2.52. The molecular formula is C52H32N2S. The molecule has 0 unspecified atom stereocenters. The summed E-state index contributed by atoms with van der Waals surface area (Å²) < 4.78 is 7.57. The molecule has 12 rings (SSSR count). The van der Waals surface area contributed by atoms with E-state index in [0.717, 1.165) is 5.69 Å². The van der Waals surface area contributed by atoms with Crippen molar-refractivity contribution in [1.29, 1.82) is 0 Å². The smallest absolute Gasteiger partial charge is 0.0641 e. The first-order valence-corrected chi connectivity index (χ1v) is 19.7. The first-order valence-electron chi connectivity index (χ1n) is 18.8. The fourth-order valence-electron chi connectivity index (χ4n) is 9.00. The van der Waals surface area contributed by atoms with Gasteiger partial charge in [-0.05, 0) is 82.2 Å². The number of hydrogen-bond acceptors (Lipinski definition) is 1. The zero-order valence-electron chi connectivity index (χ0n) is 29.8. The Bertz CT molecular complexity index is 3490. The largest absolute Gasteiger partial charge is 0.309 e. The molecule has 2 nitrogen and oxygen atoms in total. The molecule has 0 fully saturated rings. The zero-order valence-corrected chi connectivity index (χ0v) is 30.6. The quantitative estimate of drug-likeness (QED) is 0.172. The van der Waals surface area contributed by atoms with Crippen molar-refractivity contribution in [3.8, 4) is 33.6 Å². The molecule has 0 saturated heterocycles. The minimum absolute atomic E-state index is 1.16. The molecule has 256 valence electrons. The highest BCUT2D eigenvalue weighted by molar-refractivity contribution is 7.26. The van der Waals surface area contributed by atoms with E-state index in [1.165, 1.54) is 102 Å². The lowest BCUT2D eigenvalue weighted by Gasteiger charge is -2.12. The van der Waals surface area contributed by atoms with Crippen LogP contribution in [0.25, 0.3) is 108 Å². The van der Waals surface area contributed by atoms with E-state index in [4.69, 9.17) is 0 Å². The molecule has 12 aromatic rings. The van der Waals surface area contributed by atoms with Crippen LogP contribution in [0.2, 0.25) is 0 Å². The SMILES string of the molecule is c1ccc(-c2cccc(-n3c4ccccc4c4cc(-c5ccc6c(c5)c5ccc7ccccc7c5n6-c5cccc6c5sc5ccccc56)ccc43)c2)cc1. The first kappa shape index (κ1) is 30.5. The molecule has 0 spiro atoms. The van der Waals surface area contributed by atoms with Gasteiger partial charge in [0.25, 0.3) is 0 Å². The van der Waals surface area contributed by atoms with E-state index in [0.29, 0.717) is 0 Å². The summed E-state index contributed by atoms with van der Waals surface area (Å²) in [5.41, 5.74) is 12.1. The molecule has 0 atom stereocenters. The van der Waals surface area contributed by atoms with E-state index in [-0.39, 0.29) is 0 Å². The van der Waals surface area contributed by atoms with E-state index in [2.05, 4.69) is 203 Å². The topological polar surface area (TPSA) is 9.86 Å². The Hall–Kier alpha value is -6.94. The highest BCUT2D eigenvalue weighted by Crippen LogP contribution is 2.44. The van der Waals surface area contributed by atoms with Crippen LogP contribution in [0.3, 0.4) is 0 Å². The van der Waals surface area contributed by atoms with Crippen LogP contribution in [-0.4, -0.2) is 9.13 Å². The van der Waals surface area contributed by atoms with Gasteiger partial charge in [0.05, 0.1) is 32.5 Å². The van der Waals surface area contributed by atoms with Crippen molar-refractivity contribution in [2.45, 2.75) is 0 Å². The fraction of sp³-hybridized carbons (Fsp3) is 0. The highest BCUT2D eigenvalue weighted by Gasteiger charge is 2.20. The van der Waals surface area contributed by atoms with Gasteiger partial charge >= 0.3 is 0 Å². The number of nitrogens with zero attached hydrogens (tertiary/aromatic N) is 2. The van der Waals surface area contributed by atoms with Crippen LogP contribution in [0.1, 0.15) is 0 Å². The summed E-state index contributed by atoms with van der Waals surface area (Å²) in [4.78, 5) is 0. The predicted molar refractivity (Wildman–Crippen MR) is 236 cm³/mol. The summed E-state index contributed by atoms with van der Waals surface area (Å²) >= 11 is 1.89. The minimum Gasteiger partial charge on any atom is -0.309 e. The van der Waals surface area contributed by atoms with E-state index in [9.17, 15) is 0 Å². The Morgan fingerprint density at radius 2 is 0.945 bits per heavy atom. The molecule has 0 saturated carbocycles.